The molecule has 0 aliphatic carbocycles. The maximum absolute atomic E-state index is 12.3. The normalized spacial score (nSPS) is 15.0. The molecule has 1 heterocycles. The van der Waals surface area contributed by atoms with Gasteiger partial charge in [-0.25, -0.2) is 13.2 Å². The summed E-state index contributed by atoms with van der Waals surface area (Å²) in [6.45, 7) is 1.53. The van der Waals surface area contributed by atoms with Crippen LogP contribution in [0.2, 0.25) is 5.02 Å². The number of halogens is 1. The fourth-order valence-electron chi connectivity index (χ4n) is 2.79. The molecule has 2 N–H and O–H groups in total. The van der Waals surface area contributed by atoms with Crippen LogP contribution in [0.5, 0.6) is 0 Å². The molecule has 1 aliphatic rings. The molecule has 0 spiro atoms. The van der Waals surface area contributed by atoms with Gasteiger partial charge >= 0.3 is 5.97 Å². The lowest BCUT2D eigenvalue weighted by atomic mass is 10.1. The minimum Gasteiger partial charge on any atom is -0.478 e. The third kappa shape index (κ3) is 5.43. The number of thioether (sulfide) groups is 1. The second kappa shape index (κ2) is 8.89. The third-order valence-electron chi connectivity index (χ3n) is 4.15. The zero-order valence-electron chi connectivity index (χ0n) is 14.8. The highest BCUT2D eigenvalue weighted by molar-refractivity contribution is 7.99. The molecule has 0 amide bonds. The number of carbonyl (C=O) groups is 1. The van der Waals surface area contributed by atoms with Gasteiger partial charge in [-0.1, -0.05) is 23.7 Å². The third-order valence-corrected chi connectivity index (χ3v) is 6.36. The molecule has 9 heteroatoms. The van der Waals surface area contributed by atoms with Gasteiger partial charge < -0.3 is 10.0 Å². The van der Waals surface area contributed by atoms with Crippen LogP contribution < -0.4 is 9.62 Å². The highest BCUT2D eigenvalue weighted by Gasteiger charge is 2.19. The van der Waals surface area contributed by atoms with Crippen LogP contribution in [-0.4, -0.2) is 44.1 Å². The number of hydrogen-bond donors (Lipinski definition) is 2. The van der Waals surface area contributed by atoms with E-state index in [2.05, 4.69) is 4.72 Å². The smallest absolute Gasteiger partial charge is 0.337 e. The lowest BCUT2D eigenvalue weighted by Gasteiger charge is -2.29. The van der Waals surface area contributed by atoms with Crippen molar-refractivity contribution in [3.63, 3.8) is 0 Å². The number of hydrogen-bond acceptors (Lipinski definition) is 5. The number of carboxylic acid groups (broad SMARTS) is 1. The Balaban J connectivity index is 1.80. The zero-order valence-corrected chi connectivity index (χ0v) is 17.2. The van der Waals surface area contributed by atoms with Gasteiger partial charge in [-0.3, -0.25) is 4.72 Å². The molecule has 0 saturated carbocycles. The molecule has 6 nitrogen and oxygen atoms in total. The van der Waals surface area contributed by atoms with Crippen molar-refractivity contribution >= 4 is 56.8 Å². The summed E-state index contributed by atoms with van der Waals surface area (Å²) >= 11 is 7.64. The van der Waals surface area contributed by atoms with Gasteiger partial charge in [0.2, 0.25) is 0 Å². The van der Waals surface area contributed by atoms with Crippen molar-refractivity contribution in [2.24, 2.45) is 0 Å². The quantitative estimate of drug-likeness (QED) is 0.708. The van der Waals surface area contributed by atoms with Gasteiger partial charge in [0, 0.05) is 35.3 Å². The summed E-state index contributed by atoms with van der Waals surface area (Å²) in [5.74, 6) is 0.775. The van der Waals surface area contributed by atoms with E-state index in [1.165, 1.54) is 12.1 Å². The lowest BCUT2D eigenvalue weighted by molar-refractivity contribution is 0.0697. The van der Waals surface area contributed by atoms with Crippen molar-refractivity contribution in [2.75, 3.05) is 34.2 Å². The van der Waals surface area contributed by atoms with Crippen molar-refractivity contribution in [2.45, 2.75) is 0 Å². The Bertz CT molecular complexity index is 985. The summed E-state index contributed by atoms with van der Waals surface area (Å²) < 4.78 is 27.0. The average molecular weight is 439 g/mol. The summed E-state index contributed by atoms with van der Waals surface area (Å²) in [5.41, 5.74) is 1.56. The molecule has 1 saturated heterocycles. The van der Waals surface area contributed by atoms with Gasteiger partial charge in [0.25, 0.3) is 10.0 Å². The van der Waals surface area contributed by atoms with Crippen molar-refractivity contribution in [1.29, 1.82) is 0 Å². The second-order valence-electron chi connectivity index (χ2n) is 6.14. The minimum atomic E-state index is -3.80. The van der Waals surface area contributed by atoms with Crippen molar-refractivity contribution < 1.29 is 18.3 Å². The van der Waals surface area contributed by atoms with Crippen LogP contribution in [-0.2, 0) is 10.0 Å². The summed E-state index contributed by atoms with van der Waals surface area (Å²) in [6.07, 6.45) is 1.44. The molecule has 2 aromatic rings. The van der Waals surface area contributed by atoms with E-state index in [0.717, 1.165) is 30.0 Å². The summed E-state index contributed by atoms with van der Waals surface area (Å²) in [4.78, 5) is 13.7. The van der Waals surface area contributed by atoms with E-state index in [9.17, 15) is 18.3 Å². The van der Waals surface area contributed by atoms with Crippen LogP contribution in [0, 0.1) is 0 Å². The van der Waals surface area contributed by atoms with Crippen molar-refractivity contribution in [3.8, 4) is 0 Å². The van der Waals surface area contributed by atoms with E-state index in [4.69, 9.17) is 11.6 Å². The molecule has 2 aromatic carbocycles. The Hall–Kier alpha value is -2.16. The number of nitrogens with one attached hydrogen (secondary N) is 1. The summed E-state index contributed by atoms with van der Waals surface area (Å²) in [7, 11) is -3.80. The van der Waals surface area contributed by atoms with E-state index in [1.54, 1.807) is 36.4 Å². The number of benzene rings is 2. The molecule has 148 valence electrons. The Labute approximate surface area is 173 Å². The molecular weight excluding hydrogens is 420 g/mol. The topological polar surface area (TPSA) is 86.7 Å². The zero-order chi connectivity index (χ0) is 20.1. The molecule has 1 fully saturated rings. The first-order valence-electron chi connectivity index (χ1n) is 8.50. The van der Waals surface area contributed by atoms with Crippen LogP contribution >= 0.6 is 23.4 Å². The van der Waals surface area contributed by atoms with Gasteiger partial charge in [0.1, 0.15) is 0 Å². The predicted molar refractivity (Wildman–Crippen MR) is 116 cm³/mol. The van der Waals surface area contributed by atoms with Gasteiger partial charge in [0.05, 0.1) is 16.7 Å². The second-order valence-corrected chi connectivity index (χ2v) is 9.37. The largest absolute Gasteiger partial charge is 0.478 e. The maximum Gasteiger partial charge on any atom is 0.337 e. The SMILES string of the molecule is O=C(O)c1cc(NS(=O)(=O)/C=C/c2ccc(Cl)cc2)ccc1N1CCSCC1. The molecule has 0 atom stereocenters. The molecule has 0 bridgehead atoms. The minimum absolute atomic E-state index is 0.0776. The van der Waals surface area contributed by atoms with Crippen LogP contribution in [0.25, 0.3) is 6.08 Å². The van der Waals surface area contributed by atoms with E-state index in [1.807, 2.05) is 16.7 Å². The molecule has 28 heavy (non-hydrogen) atoms. The van der Waals surface area contributed by atoms with Crippen LogP contribution in [0.3, 0.4) is 0 Å². The highest BCUT2D eigenvalue weighted by atomic mass is 35.5. The van der Waals surface area contributed by atoms with Gasteiger partial charge in [-0.15, -0.1) is 0 Å². The molecule has 0 aromatic heterocycles. The van der Waals surface area contributed by atoms with Crippen LogP contribution in [0.1, 0.15) is 15.9 Å². The standard InChI is InChI=1S/C19H19ClN2O4S2/c20-15-3-1-14(2-4-15)7-12-28(25,26)21-16-5-6-18(17(13-16)19(23)24)22-8-10-27-11-9-22/h1-7,12-13,21H,8-11H2,(H,23,24)/b12-7+. The van der Waals surface area contributed by atoms with E-state index in [-0.39, 0.29) is 11.3 Å². The molecule has 3 rings (SSSR count). The van der Waals surface area contributed by atoms with Crippen LogP contribution in [0.4, 0.5) is 11.4 Å². The number of sulfonamides is 1. The highest BCUT2D eigenvalue weighted by Crippen LogP contribution is 2.27. The number of carboxylic acids is 1. The van der Waals surface area contributed by atoms with Crippen LogP contribution in [0.15, 0.2) is 47.9 Å². The van der Waals surface area contributed by atoms with Gasteiger partial charge in [0.15, 0.2) is 0 Å². The molecular formula is C19H19ClN2O4S2. The Kier molecular flexibility index (Phi) is 6.53. The molecule has 1 aliphatic heterocycles. The number of rotatable bonds is 6. The number of nitrogens with zero attached hydrogens (tertiary/aromatic N) is 1. The molecule has 0 unspecified atom stereocenters. The van der Waals surface area contributed by atoms with Crippen molar-refractivity contribution in [3.05, 3.63) is 64.0 Å². The monoisotopic (exact) mass is 438 g/mol. The van der Waals surface area contributed by atoms with E-state index >= 15 is 0 Å². The Morgan fingerprint density at radius 3 is 2.46 bits per heavy atom. The fraction of sp³-hybridized carbons (Fsp3) is 0.211. The predicted octanol–water partition coefficient (Wildman–Crippen LogP) is 4.00. The van der Waals surface area contributed by atoms with Gasteiger partial charge in [-0.05, 0) is 42.0 Å². The number of anilines is 2. The Morgan fingerprint density at radius 1 is 1.14 bits per heavy atom. The fourth-order valence-corrected chi connectivity index (χ4v) is 4.68. The van der Waals surface area contributed by atoms with Crippen molar-refractivity contribution in [1.82, 2.24) is 0 Å². The first kappa shape index (κ1) is 20.6. The van der Waals surface area contributed by atoms with E-state index < -0.39 is 16.0 Å². The molecule has 0 radical (unpaired) electrons. The van der Waals surface area contributed by atoms with E-state index in [0.29, 0.717) is 16.3 Å². The summed E-state index contributed by atoms with van der Waals surface area (Å²) in [6, 6.07) is 11.3. The summed E-state index contributed by atoms with van der Waals surface area (Å²) in [5, 5.41) is 11.2. The first-order chi connectivity index (χ1) is 13.3. The van der Waals surface area contributed by atoms with Gasteiger partial charge in [-0.2, -0.15) is 11.8 Å². The lowest BCUT2D eigenvalue weighted by Crippen LogP contribution is -2.33. The average Bonchev–Trinajstić information content (AvgIpc) is 2.68. The maximum atomic E-state index is 12.3. The first-order valence-corrected chi connectivity index (χ1v) is 11.6. The number of aromatic carboxylic acids is 1. The Morgan fingerprint density at radius 2 is 1.82 bits per heavy atom.